The molecule has 0 aliphatic heterocycles. The van der Waals surface area contributed by atoms with E-state index < -0.39 is 11.6 Å². The summed E-state index contributed by atoms with van der Waals surface area (Å²) in [5.41, 5.74) is 0.979. The van der Waals surface area contributed by atoms with Crippen LogP contribution in [0.5, 0.6) is 0 Å². The van der Waals surface area contributed by atoms with E-state index in [2.05, 4.69) is 12.7 Å². The first-order valence-electron chi connectivity index (χ1n) is 8.75. The van der Waals surface area contributed by atoms with E-state index in [1.165, 1.54) is 50.7 Å². The number of halogens is 2. The molecule has 3 rings (SSSR count). The van der Waals surface area contributed by atoms with Crippen molar-refractivity contribution in [2.45, 2.75) is 64.7 Å². The molecule has 0 N–H and O–H groups in total. The average molecular weight is 320 g/mol. The van der Waals surface area contributed by atoms with Crippen LogP contribution in [0.15, 0.2) is 30.9 Å². The molecule has 0 spiro atoms. The molecule has 0 nitrogen and oxygen atoms in total. The highest BCUT2D eigenvalue weighted by Crippen LogP contribution is 2.44. The first-order valence-corrected chi connectivity index (χ1v) is 8.75. The van der Waals surface area contributed by atoms with Crippen molar-refractivity contribution in [2.75, 3.05) is 0 Å². The van der Waals surface area contributed by atoms with Crippen LogP contribution in [0.2, 0.25) is 0 Å². The van der Waals surface area contributed by atoms with Crippen LogP contribution in [0.3, 0.4) is 0 Å². The first-order chi connectivity index (χ1) is 10.7. The van der Waals surface area contributed by atoms with E-state index >= 15 is 0 Å². The molecule has 0 bridgehead atoms. The Labute approximate surface area is 140 Å². The zero-order valence-corrected chi connectivity index (χ0v) is 13.2. The molecule has 128 valence electrons. The number of hydrogen-bond acceptors (Lipinski definition) is 0. The average Bonchev–Trinajstić information content (AvgIpc) is 2.58. The third kappa shape index (κ3) is 4.22. The standard InChI is InChI=1S/C20H26F2.CH4/c1-2-14-3-5-15(6-4-14)16-7-9-17(10-8-16)18-11-12-19(21)20(22)13-18;/h2,11-17H,1,3-10H2;1H4. The van der Waals surface area contributed by atoms with Gasteiger partial charge in [-0.3, -0.25) is 0 Å². The van der Waals surface area contributed by atoms with Crippen molar-refractivity contribution in [3.63, 3.8) is 0 Å². The number of allylic oxidation sites excluding steroid dienone is 1. The molecule has 1 aromatic rings. The van der Waals surface area contributed by atoms with Crippen molar-refractivity contribution in [2.24, 2.45) is 17.8 Å². The van der Waals surface area contributed by atoms with Gasteiger partial charge in [-0.2, -0.15) is 0 Å². The van der Waals surface area contributed by atoms with Crippen molar-refractivity contribution in [3.8, 4) is 0 Å². The minimum atomic E-state index is -0.739. The van der Waals surface area contributed by atoms with Crippen molar-refractivity contribution >= 4 is 0 Å². The van der Waals surface area contributed by atoms with E-state index in [-0.39, 0.29) is 7.43 Å². The van der Waals surface area contributed by atoms with Gasteiger partial charge in [-0.25, -0.2) is 8.78 Å². The molecule has 1 aromatic carbocycles. The van der Waals surface area contributed by atoms with Crippen LogP contribution in [-0.4, -0.2) is 0 Å². The summed E-state index contributed by atoms with van der Waals surface area (Å²) in [6.45, 7) is 3.92. The van der Waals surface area contributed by atoms with Gasteiger partial charge in [0.25, 0.3) is 0 Å². The highest BCUT2D eigenvalue weighted by molar-refractivity contribution is 5.22. The van der Waals surface area contributed by atoms with Gasteiger partial charge >= 0.3 is 0 Å². The van der Waals surface area contributed by atoms with Gasteiger partial charge in [0.05, 0.1) is 0 Å². The van der Waals surface area contributed by atoms with Crippen molar-refractivity contribution < 1.29 is 8.78 Å². The summed E-state index contributed by atoms with van der Waals surface area (Å²) in [5, 5.41) is 0. The maximum Gasteiger partial charge on any atom is 0.159 e. The molecular weight excluding hydrogens is 290 g/mol. The minimum Gasteiger partial charge on any atom is -0.204 e. The third-order valence-corrected chi connectivity index (χ3v) is 6.00. The summed E-state index contributed by atoms with van der Waals surface area (Å²) in [7, 11) is 0. The van der Waals surface area contributed by atoms with Crippen LogP contribution < -0.4 is 0 Å². The molecule has 2 aliphatic rings. The molecule has 23 heavy (non-hydrogen) atoms. The van der Waals surface area contributed by atoms with Crippen LogP contribution in [0.1, 0.15) is 70.3 Å². The summed E-state index contributed by atoms with van der Waals surface area (Å²) in [6, 6.07) is 4.43. The normalized spacial score (nSPS) is 31.2. The Hall–Kier alpha value is -1.18. The van der Waals surface area contributed by atoms with E-state index in [1.54, 1.807) is 6.07 Å². The zero-order chi connectivity index (χ0) is 15.5. The van der Waals surface area contributed by atoms with E-state index in [4.69, 9.17) is 0 Å². The molecular formula is C21H30F2. The largest absolute Gasteiger partial charge is 0.204 e. The molecule has 0 saturated heterocycles. The topological polar surface area (TPSA) is 0 Å². The van der Waals surface area contributed by atoms with Crippen LogP contribution in [0.25, 0.3) is 0 Å². The van der Waals surface area contributed by atoms with Crippen LogP contribution in [-0.2, 0) is 0 Å². The predicted octanol–water partition coefficient (Wildman–Crippen LogP) is 6.87. The highest BCUT2D eigenvalue weighted by Gasteiger charge is 2.30. The van der Waals surface area contributed by atoms with Gasteiger partial charge < -0.3 is 0 Å². The Balaban J connectivity index is 0.00000192. The molecule has 2 fully saturated rings. The monoisotopic (exact) mass is 320 g/mol. The Morgan fingerprint density at radius 1 is 0.826 bits per heavy atom. The first kappa shape index (κ1) is 18.2. The number of rotatable bonds is 3. The van der Waals surface area contributed by atoms with Gasteiger partial charge in [-0.1, -0.05) is 19.6 Å². The third-order valence-electron chi connectivity index (χ3n) is 6.00. The Morgan fingerprint density at radius 2 is 1.39 bits per heavy atom. The quantitative estimate of drug-likeness (QED) is 0.533. The van der Waals surface area contributed by atoms with E-state index in [9.17, 15) is 8.78 Å². The van der Waals surface area contributed by atoms with Gasteiger partial charge in [-0.05, 0) is 92.7 Å². The van der Waals surface area contributed by atoms with Crippen molar-refractivity contribution in [1.29, 1.82) is 0 Å². The molecule has 0 amide bonds. The Kier molecular flexibility index (Phi) is 6.38. The van der Waals surface area contributed by atoms with E-state index in [0.29, 0.717) is 5.92 Å². The van der Waals surface area contributed by atoms with Crippen LogP contribution in [0.4, 0.5) is 8.78 Å². The summed E-state index contributed by atoms with van der Waals surface area (Å²) in [4.78, 5) is 0. The van der Waals surface area contributed by atoms with Gasteiger partial charge in [0.15, 0.2) is 11.6 Å². The van der Waals surface area contributed by atoms with Gasteiger partial charge in [0.2, 0.25) is 0 Å². The molecule has 0 unspecified atom stereocenters. The second kappa shape index (κ2) is 8.08. The lowest BCUT2D eigenvalue weighted by atomic mass is 9.68. The molecule has 0 radical (unpaired) electrons. The zero-order valence-electron chi connectivity index (χ0n) is 13.2. The van der Waals surface area contributed by atoms with E-state index in [1.807, 2.05) is 0 Å². The fourth-order valence-electron chi connectivity index (χ4n) is 4.54. The summed E-state index contributed by atoms with van der Waals surface area (Å²) < 4.78 is 26.4. The maximum absolute atomic E-state index is 13.4. The highest BCUT2D eigenvalue weighted by atomic mass is 19.2. The summed E-state index contributed by atoms with van der Waals surface area (Å²) in [5.74, 6) is 1.42. The molecule has 2 saturated carbocycles. The lowest BCUT2D eigenvalue weighted by Crippen LogP contribution is -2.25. The maximum atomic E-state index is 13.4. The Morgan fingerprint density at radius 3 is 1.91 bits per heavy atom. The van der Waals surface area contributed by atoms with Crippen molar-refractivity contribution in [1.82, 2.24) is 0 Å². The summed E-state index contributed by atoms with van der Waals surface area (Å²) in [6.07, 6.45) is 12.1. The second-order valence-corrected chi connectivity index (χ2v) is 7.20. The Bertz CT molecular complexity index is 507. The van der Waals surface area contributed by atoms with E-state index in [0.717, 1.165) is 36.2 Å². The summed E-state index contributed by atoms with van der Waals surface area (Å²) >= 11 is 0. The second-order valence-electron chi connectivity index (χ2n) is 7.20. The predicted molar refractivity (Wildman–Crippen MR) is 93.4 cm³/mol. The molecule has 2 aliphatic carbocycles. The van der Waals surface area contributed by atoms with Crippen LogP contribution in [0, 0.1) is 29.4 Å². The fourth-order valence-corrected chi connectivity index (χ4v) is 4.54. The SMILES string of the molecule is C.C=CC1CCC(C2CCC(c3ccc(F)c(F)c3)CC2)CC1. The van der Waals surface area contributed by atoms with Gasteiger partial charge in [-0.15, -0.1) is 6.58 Å². The molecule has 0 aromatic heterocycles. The smallest absolute Gasteiger partial charge is 0.159 e. The molecule has 2 heteroatoms. The number of benzene rings is 1. The van der Waals surface area contributed by atoms with Crippen LogP contribution >= 0.6 is 0 Å². The lowest BCUT2D eigenvalue weighted by molar-refractivity contribution is 0.171. The number of hydrogen-bond donors (Lipinski definition) is 0. The van der Waals surface area contributed by atoms with Gasteiger partial charge in [0.1, 0.15) is 0 Å². The lowest BCUT2D eigenvalue weighted by Gasteiger charge is -2.37. The fraction of sp³-hybridized carbons (Fsp3) is 0.619. The molecule has 0 heterocycles. The minimum absolute atomic E-state index is 0. The molecule has 0 atom stereocenters. The van der Waals surface area contributed by atoms with Gasteiger partial charge in [0, 0.05) is 0 Å². The van der Waals surface area contributed by atoms with Crippen molar-refractivity contribution in [3.05, 3.63) is 48.1 Å².